The van der Waals surface area contributed by atoms with Crippen LogP contribution in [-0.2, 0) is 12.4 Å². The van der Waals surface area contributed by atoms with E-state index in [4.69, 9.17) is 0 Å². The maximum absolute atomic E-state index is 2.50. The summed E-state index contributed by atoms with van der Waals surface area (Å²) in [5.74, 6) is 3.73. The minimum atomic E-state index is 0. The van der Waals surface area contributed by atoms with Crippen LogP contribution in [0.25, 0.3) is 11.4 Å². The summed E-state index contributed by atoms with van der Waals surface area (Å²) in [5, 5.41) is 0. The topological polar surface area (TPSA) is 8.81 Å². The van der Waals surface area contributed by atoms with Gasteiger partial charge >= 0.3 is 0 Å². The summed E-state index contributed by atoms with van der Waals surface area (Å²) in [5.41, 5.74) is 1.35. The first kappa shape index (κ1) is 37.1. The Morgan fingerprint density at radius 1 is 0.575 bits per heavy atom. The largest absolute Gasteiger partial charge is 1.00 e. The molecule has 2 nitrogen and oxygen atoms in total. The van der Waals surface area contributed by atoms with Crippen molar-refractivity contribution in [3.05, 3.63) is 42.7 Å². The van der Waals surface area contributed by atoms with E-state index >= 15 is 0 Å². The third-order valence-electron chi connectivity index (χ3n) is 8.13. The quantitative estimate of drug-likeness (QED) is 0.0746. The van der Waals surface area contributed by atoms with E-state index < -0.39 is 0 Å². The van der Waals surface area contributed by atoms with Crippen LogP contribution in [0.4, 0.5) is 0 Å². The van der Waals surface area contributed by atoms with Crippen molar-refractivity contribution in [1.29, 1.82) is 0 Å². The smallest absolute Gasteiger partial charge is 0.289 e. The van der Waals surface area contributed by atoms with Crippen LogP contribution in [0.3, 0.4) is 0 Å². The zero-order valence-electron chi connectivity index (χ0n) is 26.4. The van der Waals surface area contributed by atoms with Gasteiger partial charge in [-0.1, -0.05) is 154 Å². The van der Waals surface area contributed by atoms with Gasteiger partial charge in [0.05, 0.1) is 12.1 Å². The molecule has 0 radical (unpaired) electrons. The number of aryl methyl sites for hydroxylation is 1. The summed E-state index contributed by atoms with van der Waals surface area (Å²) in [6.45, 7) is 5.74. The highest BCUT2D eigenvalue weighted by atomic mass is 35.5. The first-order chi connectivity index (χ1) is 19.4. The Labute approximate surface area is 259 Å². The zero-order chi connectivity index (χ0) is 27.6. The van der Waals surface area contributed by atoms with E-state index in [0.717, 1.165) is 12.4 Å². The van der Waals surface area contributed by atoms with Crippen LogP contribution in [0.5, 0.6) is 0 Å². The average Bonchev–Trinajstić information content (AvgIpc) is 3.37. The molecule has 0 spiro atoms. The molecule has 0 fully saturated rings. The van der Waals surface area contributed by atoms with E-state index in [1.807, 2.05) is 0 Å². The fraction of sp³-hybridized carbons (Fsp3) is 0.750. The summed E-state index contributed by atoms with van der Waals surface area (Å²) in [6, 6.07) is 11.0. The first-order valence-electron chi connectivity index (χ1n) is 17.1. The van der Waals surface area contributed by atoms with Gasteiger partial charge in [0.1, 0.15) is 18.3 Å². The van der Waals surface area contributed by atoms with Crippen molar-refractivity contribution in [3.8, 4) is 11.4 Å². The lowest BCUT2D eigenvalue weighted by Gasteiger charge is -2.07. The van der Waals surface area contributed by atoms with Gasteiger partial charge in [-0.15, -0.1) is 11.8 Å². The number of imidazole rings is 1. The fourth-order valence-corrected chi connectivity index (χ4v) is 6.59. The molecule has 1 heterocycles. The second kappa shape index (κ2) is 26.9. The third kappa shape index (κ3) is 17.8. The van der Waals surface area contributed by atoms with Gasteiger partial charge in [0.2, 0.25) is 0 Å². The standard InChI is InChI=1S/C36H63N2S.ClH/c1-3-5-7-9-11-13-15-16-18-20-22-27-33-39-34-38-32-31-37(36(38)35-28-24-23-25-29-35)30-26-21-19-17-14-12-10-8-6-4-2;/h23-25,28-29,31-32H,3-22,26-27,30,33-34H2,1-2H3;1H/q+1;/p-1. The molecule has 0 saturated heterocycles. The molecule has 0 N–H and O–H groups in total. The van der Waals surface area contributed by atoms with Crippen LogP contribution < -0.4 is 17.0 Å². The van der Waals surface area contributed by atoms with Gasteiger partial charge < -0.3 is 12.4 Å². The zero-order valence-corrected chi connectivity index (χ0v) is 28.0. The number of nitrogens with zero attached hydrogens (tertiary/aromatic N) is 2. The summed E-state index contributed by atoms with van der Waals surface area (Å²) >= 11 is 2.10. The third-order valence-corrected chi connectivity index (χ3v) is 9.17. The van der Waals surface area contributed by atoms with Crippen LogP contribution >= 0.6 is 11.8 Å². The Morgan fingerprint density at radius 3 is 1.52 bits per heavy atom. The van der Waals surface area contributed by atoms with E-state index in [9.17, 15) is 0 Å². The summed E-state index contributed by atoms with van der Waals surface area (Å²) in [6.07, 6.45) is 35.7. The molecule has 0 aliphatic heterocycles. The Balaban J connectivity index is 0.00000800. The minimum absolute atomic E-state index is 0. The number of aromatic nitrogens is 2. The van der Waals surface area contributed by atoms with Gasteiger partial charge in [0.25, 0.3) is 5.82 Å². The molecule has 0 aliphatic rings. The van der Waals surface area contributed by atoms with Crippen LogP contribution in [-0.4, -0.2) is 10.3 Å². The molecular formula is C36H63ClN2S. The number of benzene rings is 1. The number of hydrogen-bond acceptors (Lipinski definition) is 1. The van der Waals surface area contributed by atoms with Crippen molar-refractivity contribution in [1.82, 2.24) is 4.57 Å². The van der Waals surface area contributed by atoms with Crippen molar-refractivity contribution < 1.29 is 17.0 Å². The van der Waals surface area contributed by atoms with E-state index in [-0.39, 0.29) is 12.4 Å². The number of rotatable bonds is 27. The van der Waals surface area contributed by atoms with Gasteiger partial charge in [-0.2, -0.15) is 0 Å². The van der Waals surface area contributed by atoms with Gasteiger partial charge in [-0.25, -0.2) is 9.13 Å². The number of unbranched alkanes of at least 4 members (excludes halogenated alkanes) is 20. The van der Waals surface area contributed by atoms with Crippen LogP contribution in [0.15, 0.2) is 42.7 Å². The molecule has 2 aromatic rings. The summed E-state index contributed by atoms with van der Waals surface area (Å²) in [7, 11) is 0. The Hall–Kier alpha value is -0.930. The lowest BCUT2D eigenvalue weighted by atomic mass is 10.1. The molecule has 0 aliphatic carbocycles. The summed E-state index contributed by atoms with van der Waals surface area (Å²) < 4.78 is 4.99. The van der Waals surface area contributed by atoms with Crippen molar-refractivity contribution in [2.24, 2.45) is 0 Å². The fourth-order valence-electron chi connectivity index (χ4n) is 5.65. The first-order valence-corrected chi connectivity index (χ1v) is 18.2. The predicted molar refractivity (Wildman–Crippen MR) is 175 cm³/mol. The molecule has 40 heavy (non-hydrogen) atoms. The molecule has 0 amide bonds. The van der Waals surface area contributed by atoms with Crippen LogP contribution in [0.1, 0.15) is 155 Å². The van der Waals surface area contributed by atoms with Gasteiger partial charge in [-0.3, -0.25) is 0 Å². The average molecular weight is 591 g/mol. The van der Waals surface area contributed by atoms with Crippen molar-refractivity contribution in [2.45, 2.75) is 168 Å². The number of thioether (sulfide) groups is 1. The van der Waals surface area contributed by atoms with Crippen molar-refractivity contribution in [3.63, 3.8) is 0 Å². The van der Waals surface area contributed by atoms with Gasteiger partial charge in [0.15, 0.2) is 0 Å². The van der Waals surface area contributed by atoms with E-state index in [0.29, 0.717) is 0 Å². The molecule has 0 unspecified atom stereocenters. The highest BCUT2D eigenvalue weighted by Gasteiger charge is 2.18. The van der Waals surface area contributed by atoms with Gasteiger partial charge in [0, 0.05) is 0 Å². The Kier molecular flexibility index (Phi) is 25.0. The molecule has 4 heteroatoms. The second-order valence-corrected chi connectivity index (χ2v) is 12.8. The summed E-state index contributed by atoms with van der Waals surface area (Å²) in [4.78, 5) is 0. The molecular weight excluding hydrogens is 528 g/mol. The highest BCUT2D eigenvalue weighted by molar-refractivity contribution is 7.98. The predicted octanol–water partition coefficient (Wildman–Crippen LogP) is 8.76. The Morgan fingerprint density at radius 2 is 1.02 bits per heavy atom. The lowest BCUT2D eigenvalue weighted by Crippen LogP contribution is -3.00. The van der Waals surface area contributed by atoms with E-state index in [2.05, 4.69) is 77.5 Å². The number of halogens is 1. The van der Waals surface area contributed by atoms with Crippen LogP contribution in [0.2, 0.25) is 0 Å². The Bertz CT molecular complexity index is 791. The molecule has 1 aromatic heterocycles. The van der Waals surface area contributed by atoms with Crippen molar-refractivity contribution in [2.75, 3.05) is 5.75 Å². The molecule has 1 aromatic carbocycles. The molecule has 2 rings (SSSR count). The molecule has 0 atom stereocenters. The maximum atomic E-state index is 2.50. The molecule has 230 valence electrons. The second-order valence-electron chi connectivity index (χ2n) is 11.8. The normalized spacial score (nSPS) is 11.2. The van der Waals surface area contributed by atoms with Crippen molar-refractivity contribution >= 4 is 11.8 Å². The monoisotopic (exact) mass is 590 g/mol. The highest BCUT2D eigenvalue weighted by Crippen LogP contribution is 2.19. The van der Waals surface area contributed by atoms with E-state index in [1.54, 1.807) is 0 Å². The maximum Gasteiger partial charge on any atom is 0.289 e. The van der Waals surface area contributed by atoms with Crippen LogP contribution in [0, 0.1) is 0 Å². The number of hydrogen-bond donors (Lipinski definition) is 0. The lowest BCUT2D eigenvalue weighted by molar-refractivity contribution is -0.664. The van der Waals surface area contributed by atoms with E-state index in [1.165, 1.54) is 158 Å². The van der Waals surface area contributed by atoms with Gasteiger partial charge in [-0.05, 0) is 37.1 Å². The SMILES string of the molecule is CCCCCCCCCCCCCCSC[n+]1ccn(CCCCCCCCCCCC)c1-c1ccccc1.[Cl-]. The minimum Gasteiger partial charge on any atom is -1.00 e. The molecule has 0 bridgehead atoms. The molecule has 0 saturated carbocycles.